The molecule has 6 heterocycles. The third-order valence-electron chi connectivity index (χ3n) is 13.0. The van der Waals surface area contributed by atoms with Crippen molar-refractivity contribution in [1.29, 1.82) is 0 Å². The summed E-state index contributed by atoms with van der Waals surface area (Å²) in [4.78, 5) is 22.7. The summed E-state index contributed by atoms with van der Waals surface area (Å²) in [6.07, 6.45) is 15.2. The summed E-state index contributed by atoms with van der Waals surface area (Å²) >= 11 is 0. The predicted molar refractivity (Wildman–Crippen MR) is 240 cm³/mol. The highest BCUT2D eigenvalue weighted by molar-refractivity contribution is 5.85. The van der Waals surface area contributed by atoms with Crippen molar-refractivity contribution >= 4 is 11.4 Å². The molecule has 6 nitrogen and oxygen atoms in total. The lowest BCUT2D eigenvalue weighted by Gasteiger charge is -2.42. The first kappa shape index (κ1) is 35.3. The minimum absolute atomic E-state index is 0.0986. The number of nitrogens with zero attached hydrogens (tertiary/aromatic N) is 6. The maximum Gasteiger partial charge on any atom is 0.0370 e. The van der Waals surface area contributed by atoms with Gasteiger partial charge >= 0.3 is 0 Å². The van der Waals surface area contributed by atoms with Crippen molar-refractivity contribution in [2.24, 2.45) is 0 Å². The molecule has 0 N–H and O–H groups in total. The molecular weight excluding hydrogens is 721 g/mol. The van der Waals surface area contributed by atoms with Gasteiger partial charge in [0.05, 0.1) is 0 Å². The molecule has 2 saturated heterocycles. The fourth-order valence-electron chi connectivity index (χ4n) is 9.48. The highest BCUT2D eigenvalue weighted by Crippen LogP contribution is 2.52. The standard InChI is InChI=1S/C53H44N6/c1-53(2)51-25-47(58-31-45(32-58)43-21-39(35-7-3-15-54-27-35)19-40(22-43)36-8-4-16-55-28-36)11-13-49(51)50-14-12-48(26-52(50)53)59-33-46(34-59)44-23-41(37-9-5-17-56-29-37)20-42(24-44)38-10-6-18-57-30-38/h3-30,45-46H,31-34H2,1-2H3. The van der Waals surface area contributed by atoms with Crippen LogP contribution >= 0.6 is 0 Å². The van der Waals surface area contributed by atoms with E-state index in [9.17, 15) is 0 Å². The Balaban J connectivity index is 0.816. The Morgan fingerprint density at radius 3 is 1.05 bits per heavy atom. The van der Waals surface area contributed by atoms with Crippen molar-refractivity contribution in [3.63, 3.8) is 0 Å². The van der Waals surface area contributed by atoms with Crippen molar-refractivity contribution in [1.82, 2.24) is 19.9 Å². The fourth-order valence-corrected chi connectivity index (χ4v) is 9.48. The van der Waals surface area contributed by atoms with E-state index in [2.05, 4.69) is 141 Å². The minimum atomic E-state index is -0.0986. The van der Waals surface area contributed by atoms with E-state index in [1.54, 1.807) is 0 Å². The number of fused-ring (bicyclic) bond motifs is 3. The molecule has 2 aliphatic heterocycles. The molecule has 1 aliphatic carbocycles. The molecule has 0 atom stereocenters. The Bertz CT molecular complexity index is 2500. The van der Waals surface area contributed by atoms with Gasteiger partial charge in [-0.2, -0.15) is 0 Å². The van der Waals surface area contributed by atoms with E-state index in [1.165, 1.54) is 67.0 Å². The molecule has 59 heavy (non-hydrogen) atoms. The van der Waals surface area contributed by atoms with E-state index in [4.69, 9.17) is 0 Å². The number of hydrogen-bond donors (Lipinski definition) is 0. The number of rotatable bonds is 8. The van der Waals surface area contributed by atoms with E-state index in [0.29, 0.717) is 11.8 Å². The van der Waals surface area contributed by atoms with Crippen molar-refractivity contribution in [2.75, 3.05) is 36.0 Å². The highest BCUT2D eigenvalue weighted by atomic mass is 15.2. The van der Waals surface area contributed by atoms with Crippen LogP contribution in [0.15, 0.2) is 171 Å². The van der Waals surface area contributed by atoms with Gasteiger partial charge in [0.1, 0.15) is 0 Å². The van der Waals surface area contributed by atoms with Gasteiger partial charge in [0.15, 0.2) is 0 Å². The summed E-state index contributed by atoms with van der Waals surface area (Å²) in [6.45, 7) is 8.76. The van der Waals surface area contributed by atoms with Crippen LogP contribution < -0.4 is 9.80 Å². The Hall–Kier alpha value is -6.92. The predicted octanol–water partition coefficient (Wildman–Crippen LogP) is 11.4. The summed E-state index contributed by atoms with van der Waals surface area (Å²) < 4.78 is 0. The maximum absolute atomic E-state index is 4.41. The first-order valence-corrected chi connectivity index (χ1v) is 20.7. The molecule has 2 fully saturated rings. The second-order valence-corrected chi connectivity index (χ2v) is 16.9. The molecule has 0 unspecified atom stereocenters. The molecule has 286 valence electrons. The van der Waals surface area contributed by atoms with Crippen molar-refractivity contribution in [2.45, 2.75) is 31.1 Å². The maximum atomic E-state index is 4.41. The van der Waals surface area contributed by atoms with Crippen LogP contribution in [0.1, 0.15) is 47.9 Å². The topological polar surface area (TPSA) is 58.0 Å². The Labute approximate surface area is 345 Å². The first-order chi connectivity index (χ1) is 28.9. The van der Waals surface area contributed by atoms with Gasteiger partial charge in [-0.05, 0) is 116 Å². The molecule has 11 rings (SSSR count). The quantitative estimate of drug-likeness (QED) is 0.154. The van der Waals surface area contributed by atoms with Gasteiger partial charge in [-0.1, -0.05) is 74.5 Å². The van der Waals surface area contributed by atoms with Crippen molar-refractivity contribution in [3.8, 4) is 55.6 Å². The lowest BCUT2D eigenvalue weighted by atomic mass is 9.81. The molecule has 0 amide bonds. The van der Waals surface area contributed by atoms with Gasteiger partial charge in [-0.15, -0.1) is 0 Å². The average Bonchev–Trinajstić information content (AvgIpc) is 3.48. The number of benzene rings is 4. The summed E-state index contributed by atoms with van der Waals surface area (Å²) in [5, 5.41) is 0. The van der Waals surface area contributed by atoms with Crippen LogP contribution in [0.25, 0.3) is 55.6 Å². The zero-order chi connectivity index (χ0) is 39.5. The molecule has 4 aromatic carbocycles. The fraction of sp³-hybridized carbons (Fsp3) is 0.170. The normalized spacial score (nSPS) is 15.6. The van der Waals surface area contributed by atoms with Crippen LogP contribution in [0, 0.1) is 0 Å². The molecular formula is C53H44N6. The van der Waals surface area contributed by atoms with Crippen LogP contribution in [0.2, 0.25) is 0 Å². The second-order valence-electron chi connectivity index (χ2n) is 16.9. The summed E-state index contributed by atoms with van der Waals surface area (Å²) in [5.41, 5.74) is 20.1. The van der Waals surface area contributed by atoms with Crippen LogP contribution in [-0.4, -0.2) is 46.1 Å². The van der Waals surface area contributed by atoms with Gasteiger partial charge < -0.3 is 9.80 Å². The van der Waals surface area contributed by atoms with Gasteiger partial charge in [-0.3, -0.25) is 19.9 Å². The van der Waals surface area contributed by atoms with Gasteiger partial charge in [0.25, 0.3) is 0 Å². The Kier molecular flexibility index (Phi) is 8.47. The SMILES string of the molecule is CC1(C)c2cc(N3CC(c4cc(-c5cccnc5)cc(-c5cccnc5)c4)C3)ccc2-c2ccc(N3CC(c4cc(-c5cccnc5)cc(-c5cccnc5)c4)C3)cc21. The number of pyridine rings is 4. The van der Waals surface area contributed by atoms with Crippen LogP contribution in [0.3, 0.4) is 0 Å². The first-order valence-electron chi connectivity index (χ1n) is 20.7. The van der Waals surface area contributed by atoms with E-state index >= 15 is 0 Å². The molecule has 4 aromatic heterocycles. The summed E-state index contributed by atoms with van der Waals surface area (Å²) in [5.74, 6) is 0.895. The largest absolute Gasteiger partial charge is 0.370 e. The monoisotopic (exact) mass is 764 g/mol. The van der Waals surface area contributed by atoms with Gasteiger partial charge in [0.2, 0.25) is 0 Å². The molecule has 0 saturated carbocycles. The Morgan fingerprint density at radius 1 is 0.407 bits per heavy atom. The van der Waals surface area contributed by atoms with E-state index in [-0.39, 0.29) is 5.41 Å². The summed E-state index contributed by atoms with van der Waals surface area (Å²) in [6, 6.07) is 44.9. The van der Waals surface area contributed by atoms with E-state index in [1.807, 2.05) is 73.8 Å². The second kappa shape index (κ2) is 14.2. The zero-order valence-electron chi connectivity index (χ0n) is 33.3. The van der Waals surface area contributed by atoms with E-state index < -0.39 is 0 Å². The van der Waals surface area contributed by atoms with E-state index in [0.717, 1.165) is 48.4 Å². The molecule has 0 bridgehead atoms. The van der Waals surface area contributed by atoms with Crippen molar-refractivity contribution < 1.29 is 0 Å². The molecule has 8 aromatic rings. The highest BCUT2D eigenvalue weighted by Gasteiger charge is 2.38. The zero-order valence-corrected chi connectivity index (χ0v) is 33.3. The Morgan fingerprint density at radius 2 is 0.746 bits per heavy atom. The van der Waals surface area contributed by atoms with Crippen LogP contribution in [-0.2, 0) is 5.41 Å². The van der Waals surface area contributed by atoms with Crippen LogP contribution in [0.5, 0.6) is 0 Å². The molecule has 0 radical (unpaired) electrons. The van der Waals surface area contributed by atoms with Crippen LogP contribution in [0.4, 0.5) is 11.4 Å². The third-order valence-corrected chi connectivity index (χ3v) is 13.0. The van der Waals surface area contributed by atoms with Gasteiger partial charge in [-0.25, -0.2) is 0 Å². The lowest BCUT2D eigenvalue weighted by molar-refractivity contribution is 0.524. The molecule has 0 spiro atoms. The van der Waals surface area contributed by atoms with Gasteiger partial charge in [0, 0.05) is 127 Å². The number of aromatic nitrogens is 4. The minimum Gasteiger partial charge on any atom is -0.370 e. The summed E-state index contributed by atoms with van der Waals surface area (Å²) in [7, 11) is 0. The average molecular weight is 765 g/mol. The molecule has 3 aliphatic rings. The lowest BCUT2D eigenvalue weighted by Crippen LogP contribution is -2.45. The number of anilines is 2. The van der Waals surface area contributed by atoms with Crippen molar-refractivity contribution in [3.05, 3.63) is 193 Å². The number of hydrogen-bond acceptors (Lipinski definition) is 6. The molecule has 6 heteroatoms. The smallest absolute Gasteiger partial charge is 0.0370 e. The third kappa shape index (κ3) is 6.36.